The van der Waals surface area contributed by atoms with Crippen LogP contribution in [0.15, 0.2) is 53.5 Å². The van der Waals surface area contributed by atoms with Crippen LogP contribution < -0.4 is 15.5 Å². The third-order valence-electron chi connectivity index (χ3n) is 4.64. The van der Waals surface area contributed by atoms with Crippen molar-refractivity contribution >= 4 is 23.2 Å². The number of anilines is 1. The maximum atomic E-state index is 6.20. The van der Waals surface area contributed by atoms with Crippen LogP contribution in [0.5, 0.6) is 0 Å². The van der Waals surface area contributed by atoms with Crippen molar-refractivity contribution in [2.75, 3.05) is 44.8 Å². The summed E-state index contributed by atoms with van der Waals surface area (Å²) in [5.41, 5.74) is 3.62. The van der Waals surface area contributed by atoms with Crippen molar-refractivity contribution in [1.29, 1.82) is 0 Å². The van der Waals surface area contributed by atoms with Crippen molar-refractivity contribution in [2.24, 2.45) is 4.99 Å². The van der Waals surface area contributed by atoms with E-state index in [9.17, 15) is 0 Å². The van der Waals surface area contributed by atoms with Gasteiger partial charge < -0.3 is 20.3 Å². The Morgan fingerprint density at radius 3 is 2.52 bits per heavy atom. The summed E-state index contributed by atoms with van der Waals surface area (Å²) in [4.78, 5) is 6.64. The van der Waals surface area contributed by atoms with E-state index < -0.39 is 0 Å². The fourth-order valence-corrected chi connectivity index (χ4v) is 3.30. The summed E-state index contributed by atoms with van der Waals surface area (Å²) in [6, 6.07) is 16.6. The van der Waals surface area contributed by atoms with Crippen molar-refractivity contribution in [1.82, 2.24) is 10.6 Å². The molecule has 2 N–H and O–H groups in total. The van der Waals surface area contributed by atoms with Crippen LogP contribution >= 0.6 is 11.6 Å². The van der Waals surface area contributed by atoms with Gasteiger partial charge in [0, 0.05) is 43.9 Å². The Morgan fingerprint density at radius 2 is 1.81 bits per heavy atom. The highest BCUT2D eigenvalue weighted by Crippen LogP contribution is 2.17. The van der Waals surface area contributed by atoms with Crippen LogP contribution in [-0.2, 0) is 17.7 Å². The molecule has 1 aliphatic heterocycles. The Kier molecular flexibility index (Phi) is 7.36. The molecule has 0 spiro atoms. The van der Waals surface area contributed by atoms with Crippen LogP contribution in [0.1, 0.15) is 11.1 Å². The first-order chi connectivity index (χ1) is 13.3. The molecule has 0 aromatic heterocycles. The Morgan fingerprint density at radius 1 is 1.07 bits per heavy atom. The minimum Gasteiger partial charge on any atom is -0.378 e. The fourth-order valence-electron chi connectivity index (χ4n) is 3.07. The Hall–Kier alpha value is -2.24. The normalized spacial score (nSPS) is 14.9. The van der Waals surface area contributed by atoms with E-state index in [0.717, 1.165) is 62.4 Å². The lowest BCUT2D eigenvalue weighted by molar-refractivity contribution is 0.122. The molecule has 0 saturated carbocycles. The topological polar surface area (TPSA) is 48.9 Å². The van der Waals surface area contributed by atoms with Gasteiger partial charge in [-0.15, -0.1) is 0 Å². The van der Waals surface area contributed by atoms with Crippen LogP contribution in [0.4, 0.5) is 5.69 Å². The highest BCUT2D eigenvalue weighted by molar-refractivity contribution is 6.31. The molecule has 2 aromatic carbocycles. The van der Waals surface area contributed by atoms with Gasteiger partial charge in [-0.1, -0.05) is 41.9 Å². The zero-order chi connectivity index (χ0) is 18.9. The summed E-state index contributed by atoms with van der Waals surface area (Å²) in [5, 5.41) is 7.50. The van der Waals surface area contributed by atoms with E-state index in [0.29, 0.717) is 0 Å². The van der Waals surface area contributed by atoms with Crippen LogP contribution in [0.2, 0.25) is 5.02 Å². The van der Waals surface area contributed by atoms with Gasteiger partial charge in [-0.05, 0) is 35.7 Å². The molecule has 0 bridgehead atoms. The quantitative estimate of drug-likeness (QED) is 0.591. The predicted octanol–water partition coefficient (Wildman–Crippen LogP) is 3.08. The lowest BCUT2D eigenvalue weighted by Crippen LogP contribution is -2.38. The smallest absolute Gasteiger partial charge is 0.191 e. The number of morpholine rings is 1. The number of aliphatic imine (C=N–C) groups is 1. The fraction of sp³-hybridized carbons (Fsp3) is 0.381. The average molecular weight is 387 g/mol. The SMILES string of the molecule is CN=C(NCCc1ccccc1Cl)NCc1ccc(N2CCOCC2)cc1. The minimum atomic E-state index is 0.731. The Bertz CT molecular complexity index is 742. The van der Waals surface area contributed by atoms with E-state index in [1.165, 1.54) is 11.3 Å². The van der Waals surface area contributed by atoms with Gasteiger partial charge >= 0.3 is 0 Å². The van der Waals surface area contributed by atoms with Crippen molar-refractivity contribution in [3.05, 3.63) is 64.7 Å². The zero-order valence-electron chi connectivity index (χ0n) is 15.7. The van der Waals surface area contributed by atoms with Gasteiger partial charge in [0.15, 0.2) is 5.96 Å². The molecule has 0 amide bonds. The largest absolute Gasteiger partial charge is 0.378 e. The standard InChI is InChI=1S/C21H27ClN4O/c1-23-21(24-11-10-18-4-2-3-5-20(18)22)25-16-17-6-8-19(9-7-17)26-12-14-27-15-13-26/h2-9H,10-16H2,1H3,(H2,23,24,25). The number of hydrogen-bond donors (Lipinski definition) is 2. The molecule has 1 saturated heterocycles. The molecule has 0 aliphatic carbocycles. The first-order valence-corrected chi connectivity index (χ1v) is 9.73. The lowest BCUT2D eigenvalue weighted by Gasteiger charge is -2.28. The number of ether oxygens (including phenoxy) is 1. The van der Waals surface area contributed by atoms with Crippen molar-refractivity contribution < 1.29 is 4.74 Å². The molecule has 0 unspecified atom stereocenters. The zero-order valence-corrected chi connectivity index (χ0v) is 16.5. The number of nitrogens with one attached hydrogen (secondary N) is 2. The molecule has 3 rings (SSSR count). The number of nitrogens with zero attached hydrogens (tertiary/aromatic N) is 2. The molecular formula is C21H27ClN4O. The molecule has 5 nitrogen and oxygen atoms in total. The number of benzene rings is 2. The van der Waals surface area contributed by atoms with Gasteiger partial charge in [-0.3, -0.25) is 4.99 Å². The predicted molar refractivity (Wildman–Crippen MR) is 113 cm³/mol. The highest BCUT2D eigenvalue weighted by Gasteiger charge is 2.10. The summed E-state index contributed by atoms with van der Waals surface area (Å²) in [6.07, 6.45) is 0.856. The molecular weight excluding hydrogens is 360 g/mol. The molecule has 27 heavy (non-hydrogen) atoms. The second kappa shape index (κ2) is 10.2. The minimum absolute atomic E-state index is 0.731. The van der Waals surface area contributed by atoms with Crippen LogP contribution in [-0.4, -0.2) is 45.9 Å². The maximum Gasteiger partial charge on any atom is 0.191 e. The first kappa shape index (κ1) is 19.5. The van der Waals surface area contributed by atoms with Crippen molar-refractivity contribution in [3.63, 3.8) is 0 Å². The van der Waals surface area contributed by atoms with Crippen molar-refractivity contribution in [2.45, 2.75) is 13.0 Å². The van der Waals surface area contributed by atoms with E-state index in [1.54, 1.807) is 7.05 Å². The second-order valence-electron chi connectivity index (χ2n) is 6.46. The third-order valence-corrected chi connectivity index (χ3v) is 5.01. The number of guanidine groups is 1. The van der Waals surface area contributed by atoms with E-state index in [-0.39, 0.29) is 0 Å². The summed E-state index contributed by atoms with van der Waals surface area (Å²) in [7, 11) is 1.78. The second-order valence-corrected chi connectivity index (χ2v) is 6.87. The summed E-state index contributed by atoms with van der Waals surface area (Å²) < 4.78 is 5.41. The average Bonchev–Trinajstić information content (AvgIpc) is 2.73. The molecule has 1 aliphatic rings. The number of halogens is 1. The molecule has 6 heteroatoms. The first-order valence-electron chi connectivity index (χ1n) is 9.36. The highest BCUT2D eigenvalue weighted by atomic mass is 35.5. The van der Waals surface area contributed by atoms with Gasteiger partial charge in [-0.25, -0.2) is 0 Å². The van der Waals surface area contributed by atoms with E-state index in [4.69, 9.17) is 16.3 Å². The molecule has 0 atom stereocenters. The Labute approximate surface area is 166 Å². The van der Waals surface area contributed by atoms with E-state index in [1.807, 2.05) is 18.2 Å². The van der Waals surface area contributed by atoms with Crippen LogP contribution in [0.3, 0.4) is 0 Å². The van der Waals surface area contributed by atoms with Crippen LogP contribution in [0, 0.1) is 0 Å². The van der Waals surface area contributed by atoms with Gasteiger partial charge in [0.05, 0.1) is 13.2 Å². The van der Waals surface area contributed by atoms with Gasteiger partial charge in [0.1, 0.15) is 0 Å². The van der Waals surface area contributed by atoms with E-state index >= 15 is 0 Å². The molecule has 2 aromatic rings. The van der Waals surface area contributed by atoms with Gasteiger partial charge in [0.2, 0.25) is 0 Å². The third kappa shape index (κ3) is 5.88. The molecule has 1 fully saturated rings. The van der Waals surface area contributed by atoms with Gasteiger partial charge in [-0.2, -0.15) is 0 Å². The number of rotatable bonds is 6. The summed E-state index contributed by atoms with van der Waals surface area (Å²) in [5.74, 6) is 0.791. The molecule has 144 valence electrons. The maximum absolute atomic E-state index is 6.20. The monoisotopic (exact) mass is 386 g/mol. The van der Waals surface area contributed by atoms with Crippen LogP contribution in [0.25, 0.3) is 0 Å². The number of hydrogen-bond acceptors (Lipinski definition) is 3. The Balaban J connectivity index is 1.44. The van der Waals surface area contributed by atoms with E-state index in [2.05, 4.69) is 50.9 Å². The summed E-state index contributed by atoms with van der Waals surface area (Å²) >= 11 is 6.20. The lowest BCUT2D eigenvalue weighted by atomic mass is 10.1. The van der Waals surface area contributed by atoms with Gasteiger partial charge in [0.25, 0.3) is 0 Å². The summed E-state index contributed by atoms with van der Waals surface area (Å²) in [6.45, 7) is 5.03. The molecule has 1 heterocycles. The van der Waals surface area contributed by atoms with Crippen molar-refractivity contribution in [3.8, 4) is 0 Å². The molecule has 0 radical (unpaired) electrons.